The zero-order valence-electron chi connectivity index (χ0n) is 13.6. The minimum atomic E-state index is -0.697. The van der Waals surface area contributed by atoms with Gasteiger partial charge in [-0.25, -0.2) is 4.79 Å². The molecule has 0 unspecified atom stereocenters. The summed E-state index contributed by atoms with van der Waals surface area (Å²) in [7, 11) is 0. The Labute approximate surface area is 143 Å². The molecule has 0 amide bonds. The van der Waals surface area contributed by atoms with Crippen LogP contribution in [0.1, 0.15) is 31.7 Å². The lowest BCUT2D eigenvalue weighted by Crippen LogP contribution is -2.47. The van der Waals surface area contributed by atoms with E-state index in [1.165, 1.54) is 5.56 Å². The van der Waals surface area contributed by atoms with Crippen LogP contribution < -0.4 is 0 Å². The van der Waals surface area contributed by atoms with E-state index in [1.807, 2.05) is 13.0 Å². The maximum atomic E-state index is 11.7. The lowest BCUT2D eigenvalue weighted by Gasteiger charge is -2.41. The Balaban J connectivity index is 1.95. The minimum absolute atomic E-state index is 0.192. The second-order valence-corrected chi connectivity index (χ2v) is 6.40. The molecule has 5 heteroatoms. The van der Waals surface area contributed by atoms with Crippen LogP contribution in [0, 0.1) is 0 Å². The number of hydrogen-bond donors (Lipinski definition) is 0. The summed E-state index contributed by atoms with van der Waals surface area (Å²) >= 11 is 5.43. The molecule has 126 valence electrons. The number of hydrogen-bond acceptors (Lipinski definition) is 4. The third kappa shape index (κ3) is 5.56. The zero-order chi connectivity index (χ0) is 16.7. The van der Waals surface area contributed by atoms with Gasteiger partial charge in [-0.1, -0.05) is 54.1 Å². The maximum Gasteiger partial charge on any atom is 0.510 e. The third-order valence-corrected chi connectivity index (χ3v) is 4.22. The van der Waals surface area contributed by atoms with Crippen LogP contribution in [-0.2, 0) is 16.0 Å². The summed E-state index contributed by atoms with van der Waals surface area (Å²) in [6.07, 6.45) is 1.50. The summed E-state index contributed by atoms with van der Waals surface area (Å²) in [6.45, 7) is 8.57. The van der Waals surface area contributed by atoms with Crippen LogP contribution in [0.5, 0.6) is 0 Å². The molecule has 0 N–H and O–H groups in total. The summed E-state index contributed by atoms with van der Waals surface area (Å²) in [5, 5.41) is 0. The van der Waals surface area contributed by atoms with Crippen LogP contribution in [-0.4, -0.2) is 35.8 Å². The second-order valence-electron chi connectivity index (χ2n) is 6.18. The Morgan fingerprint density at radius 2 is 1.96 bits per heavy atom. The smallest absolute Gasteiger partial charge is 0.427 e. The number of nitrogens with zero attached hydrogens (tertiary/aromatic N) is 1. The molecule has 0 atom stereocenters. The highest BCUT2D eigenvalue weighted by atomic mass is 35.5. The van der Waals surface area contributed by atoms with Gasteiger partial charge >= 0.3 is 6.16 Å². The van der Waals surface area contributed by atoms with Crippen LogP contribution in [0.3, 0.4) is 0 Å². The summed E-state index contributed by atoms with van der Waals surface area (Å²) in [5.74, 6) is 0. The Kier molecular flexibility index (Phi) is 6.48. The molecule has 1 aromatic rings. The lowest BCUT2D eigenvalue weighted by molar-refractivity contribution is -0.0641. The molecular formula is C18H24ClNO3. The largest absolute Gasteiger partial charge is 0.510 e. The summed E-state index contributed by atoms with van der Waals surface area (Å²) in [6, 6.07) is 10.2. The van der Waals surface area contributed by atoms with E-state index in [1.54, 1.807) is 0 Å². The molecule has 0 aliphatic carbocycles. The van der Waals surface area contributed by atoms with Crippen LogP contribution in [0.15, 0.2) is 42.5 Å². The Bertz CT molecular complexity index is 524. The maximum absolute atomic E-state index is 11.7. The molecular weight excluding hydrogens is 314 g/mol. The van der Waals surface area contributed by atoms with Gasteiger partial charge < -0.3 is 9.47 Å². The molecule has 1 aliphatic heterocycles. The summed E-state index contributed by atoms with van der Waals surface area (Å²) < 4.78 is 10.3. The highest BCUT2D eigenvalue weighted by molar-refractivity contribution is 6.17. The predicted molar refractivity (Wildman–Crippen MR) is 91.4 cm³/mol. The van der Waals surface area contributed by atoms with E-state index in [2.05, 4.69) is 35.7 Å². The molecule has 0 bridgehead atoms. The van der Waals surface area contributed by atoms with E-state index in [-0.39, 0.29) is 6.07 Å². The van der Waals surface area contributed by atoms with E-state index in [4.69, 9.17) is 21.1 Å². The van der Waals surface area contributed by atoms with Crippen molar-refractivity contribution in [2.45, 2.75) is 38.3 Å². The lowest BCUT2D eigenvalue weighted by atomic mass is 9.85. The summed E-state index contributed by atoms with van der Waals surface area (Å²) in [4.78, 5) is 14.1. The molecule has 0 aromatic heterocycles. The average Bonchev–Trinajstić information content (AvgIpc) is 2.50. The van der Waals surface area contributed by atoms with Gasteiger partial charge in [0, 0.05) is 38.9 Å². The molecule has 1 aromatic carbocycles. The SMILES string of the molecule is C=C(C)CC1(OC(=O)OCCl)CCN(Cc2ccccc2)CC1. The molecule has 1 aliphatic rings. The van der Waals surface area contributed by atoms with Crippen molar-refractivity contribution in [3.63, 3.8) is 0 Å². The quantitative estimate of drug-likeness (QED) is 0.440. The average molecular weight is 338 g/mol. The van der Waals surface area contributed by atoms with Crippen LogP contribution in [0.25, 0.3) is 0 Å². The fourth-order valence-electron chi connectivity index (χ4n) is 3.08. The van der Waals surface area contributed by atoms with Crippen molar-refractivity contribution in [3.05, 3.63) is 48.0 Å². The van der Waals surface area contributed by atoms with E-state index >= 15 is 0 Å². The van der Waals surface area contributed by atoms with Crippen molar-refractivity contribution in [1.82, 2.24) is 4.90 Å². The van der Waals surface area contributed by atoms with Crippen molar-refractivity contribution in [2.75, 3.05) is 19.2 Å². The molecule has 1 heterocycles. The fraction of sp³-hybridized carbons (Fsp3) is 0.500. The number of carbonyl (C=O) groups is 1. The van der Waals surface area contributed by atoms with Gasteiger partial charge in [0.2, 0.25) is 0 Å². The van der Waals surface area contributed by atoms with Gasteiger partial charge in [0.05, 0.1) is 0 Å². The number of alkyl halides is 1. The van der Waals surface area contributed by atoms with Crippen molar-refractivity contribution < 1.29 is 14.3 Å². The third-order valence-electron chi connectivity index (χ3n) is 4.11. The number of likely N-dealkylation sites (tertiary alicyclic amines) is 1. The van der Waals surface area contributed by atoms with Crippen molar-refractivity contribution in [2.24, 2.45) is 0 Å². The van der Waals surface area contributed by atoms with Gasteiger partial charge in [-0.2, -0.15) is 0 Å². The molecule has 23 heavy (non-hydrogen) atoms. The van der Waals surface area contributed by atoms with E-state index < -0.39 is 11.8 Å². The normalized spacial score (nSPS) is 17.5. The molecule has 4 nitrogen and oxygen atoms in total. The topological polar surface area (TPSA) is 38.8 Å². The second kappa shape index (κ2) is 8.37. The fourth-order valence-corrected chi connectivity index (χ4v) is 3.17. The first kappa shape index (κ1) is 17.8. The monoisotopic (exact) mass is 337 g/mol. The highest BCUT2D eigenvalue weighted by Gasteiger charge is 2.38. The number of halogens is 1. The van der Waals surface area contributed by atoms with Crippen molar-refractivity contribution in [1.29, 1.82) is 0 Å². The molecule has 1 fully saturated rings. The van der Waals surface area contributed by atoms with Crippen molar-refractivity contribution in [3.8, 4) is 0 Å². The number of carbonyl (C=O) groups excluding carboxylic acids is 1. The first-order valence-electron chi connectivity index (χ1n) is 7.85. The number of rotatable bonds is 6. The Hall–Kier alpha value is -1.52. The number of benzene rings is 1. The standard InChI is InChI=1S/C18H24ClNO3/c1-15(2)12-18(23-17(21)22-14-19)8-10-20(11-9-18)13-16-6-4-3-5-7-16/h3-7H,1,8-14H2,2H3. The highest BCUT2D eigenvalue weighted by Crippen LogP contribution is 2.33. The molecule has 0 spiro atoms. The molecule has 1 saturated heterocycles. The van der Waals surface area contributed by atoms with Crippen LogP contribution in [0.4, 0.5) is 4.79 Å². The number of piperidine rings is 1. The first-order chi connectivity index (χ1) is 11.0. The van der Waals surface area contributed by atoms with Gasteiger partial charge in [0.1, 0.15) is 5.60 Å². The predicted octanol–water partition coefficient (Wildman–Crippen LogP) is 4.34. The van der Waals surface area contributed by atoms with Crippen LogP contribution in [0.2, 0.25) is 0 Å². The van der Waals surface area contributed by atoms with E-state index in [0.717, 1.165) is 38.0 Å². The van der Waals surface area contributed by atoms with Gasteiger partial charge in [-0.3, -0.25) is 4.90 Å². The van der Waals surface area contributed by atoms with E-state index in [9.17, 15) is 4.79 Å². The first-order valence-corrected chi connectivity index (χ1v) is 8.39. The molecule has 0 radical (unpaired) electrons. The Morgan fingerprint density at radius 3 is 2.52 bits per heavy atom. The Morgan fingerprint density at radius 1 is 1.30 bits per heavy atom. The van der Waals surface area contributed by atoms with Crippen LogP contribution >= 0.6 is 11.6 Å². The van der Waals surface area contributed by atoms with Gasteiger partial charge in [-0.05, 0) is 12.5 Å². The summed E-state index contributed by atoms with van der Waals surface area (Å²) in [5.41, 5.74) is 1.77. The zero-order valence-corrected chi connectivity index (χ0v) is 14.3. The van der Waals surface area contributed by atoms with Gasteiger partial charge in [-0.15, -0.1) is 0 Å². The number of ether oxygens (including phenoxy) is 2. The van der Waals surface area contributed by atoms with Gasteiger partial charge in [0.25, 0.3) is 0 Å². The molecule has 0 saturated carbocycles. The van der Waals surface area contributed by atoms with Gasteiger partial charge in [0.15, 0.2) is 6.07 Å². The van der Waals surface area contributed by atoms with E-state index in [0.29, 0.717) is 6.42 Å². The minimum Gasteiger partial charge on any atom is -0.427 e. The molecule has 2 rings (SSSR count). The van der Waals surface area contributed by atoms with Crippen molar-refractivity contribution >= 4 is 17.8 Å².